The Hall–Kier alpha value is -8.09. The van der Waals surface area contributed by atoms with Crippen molar-refractivity contribution in [1.82, 2.24) is 54.7 Å². The number of aliphatic hydroxyl groups excluding tert-OH is 1. The van der Waals surface area contributed by atoms with Crippen molar-refractivity contribution in [1.29, 1.82) is 0 Å². The topological polar surface area (TPSA) is 319 Å². The van der Waals surface area contributed by atoms with Gasteiger partial charge in [-0.25, -0.2) is 14.2 Å². The molecule has 0 bridgehead atoms. The first-order valence-electron chi connectivity index (χ1n) is 26.8. The van der Waals surface area contributed by atoms with Gasteiger partial charge < -0.3 is 56.1 Å². The number of rotatable bonds is 22. The molecule has 4 atom stereocenters. The van der Waals surface area contributed by atoms with Crippen LogP contribution in [0.4, 0.5) is 23.5 Å². The number of carboxylic acids is 1. The maximum Gasteiger partial charge on any atom is 0.336 e. The van der Waals surface area contributed by atoms with Crippen LogP contribution in [0, 0.1) is 5.92 Å². The fourth-order valence-electron chi connectivity index (χ4n) is 10.2. The Balaban J connectivity index is 0.999. The minimum atomic E-state index is -1.22. The summed E-state index contributed by atoms with van der Waals surface area (Å²) in [5.41, 5.74) is 14.6. The van der Waals surface area contributed by atoms with E-state index in [2.05, 4.69) is 32.9 Å². The number of aromatic carboxylic acids is 1. The van der Waals surface area contributed by atoms with Crippen molar-refractivity contribution in [3.05, 3.63) is 94.2 Å². The molecule has 2 saturated heterocycles. The highest BCUT2D eigenvalue weighted by atomic mass is 16.4. The number of nitrogens with zero attached hydrogens (tertiary/aromatic N) is 13. The number of piperazine rings is 2. The Morgan fingerprint density at radius 3 is 2.05 bits per heavy atom. The van der Waals surface area contributed by atoms with E-state index in [1.165, 1.54) is 30.3 Å². The second kappa shape index (κ2) is 24.5. The molecule has 2 fully saturated rings. The van der Waals surface area contributed by atoms with Crippen molar-refractivity contribution >= 4 is 52.3 Å². The van der Waals surface area contributed by atoms with Gasteiger partial charge in [-0.1, -0.05) is 36.8 Å². The van der Waals surface area contributed by atoms with Crippen molar-refractivity contribution in [2.45, 2.75) is 90.3 Å². The minimum Gasteiger partial charge on any atom is -0.508 e. The number of phenols is 1. The summed E-state index contributed by atoms with van der Waals surface area (Å²) in [5.74, 6) is -0.420. The number of aromatic nitrogens is 9. The van der Waals surface area contributed by atoms with Gasteiger partial charge in [0.1, 0.15) is 29.2 Å². The van der Waals surface area contributed by atoms with Crippen LogP contribution >= 0.6 is 0 Å². The number of aryl methyl sites for hydroxylation is 1. The first-order valence-corrected chi connectivity index (χ1v) is 26.8. The molecule has 0 saturated carbocycles. The predicted molar refractivity (Wildman–Crippen MR) is 292 cm³/mol. The van der Waals surface area contributed by atoms with Crippen molar-refractivity contribution < 1.29 is 34.1 Å². The van der Waals surface area contributed by atoms with Gasteiger partial charge in [0.05, 0.1) is 23.1 Å². The summed E-state index contributed by atoms with van der Waals surface area (Å²) in [4.78, 5) is 76.8. The maximum absolute atomic E-state index is 14.4. The number of fused-ring (bicyclic) bond motifs is 2. The number of amides is 2. The fraction of sp³-hybridized carbons (Fsp3) is 0.463. The van der Waals surface area contributed by atoms with Gasteiger partial charge in [-0.05, 0) is 106 Å². The number of nitrogens with two attached hydrogens (primary N) is 2. The van der Waals surface area contributed by atoms with Gasteiger partial charge in [-0.2, -0.15) is 15.0 Å². The van der Waals surface area contributed by atoms with E-state index in [1.54, 1.807) is 51.6 Å². The molecule has 6 heterocycles. The summed E-state index contributed by atoms with van der Waals surface area (Å²) < 4.78 is 9.32. The number of nitrogens with one attached hydrogen (secondary N) is 1. The number of aromatic hydroxyl groups is 1. The molecular weight excluding hydrogens is 1000 g/mol. The van der Waals surface area contributed by atoms with Crippen LogP contribution in [0.2, 0.25) is 0 Å². The number of anilines is 4. The first kappa shape index (κ1) is 54.7. The van der Waals surface area contributed by atoms with Crippen LogP contribution in [0.1, 0.15) is 93.1 Å². The SMILES string of the molecule is CC[C@H](C)[C@@H](C(=O)N1CCN(c2nc(Nc3ccc(-c4c5ccc(=O)cc-5oc5cc(O)ccc45)c(C(=O)O)c3)nc(N3CCN(C(=O)[C@H](CCCCN)n4cc(CC(C)O)nn4)CC3)n2)CC1)n1cc(CCCCN)nn1. The van der Waals surface area contributed by atoms with Gasteiger partial charge in [-0.15, -0.1) is 10.2 Å². The molecule has 0 spiro atoms. The number of carbonyl (C=O) groups excluding carboxylic acids is 2. The monoisotopic (exact) mass is 1070 g/mol. The summed E-state index contributed by atoms with van der Waals surface area (Å²) in [6, 6.07) is 12.6. The van der Waals surface area contributed by atoms with Gasteiger partial charge in [0, 0.05) is 106 Å². The van der Waals surface area contributed by atoms with Crippen LogP contribution in [0.15, 0.2) is 76.2 Å². The average molecular weight is 1070 g/mol. The standard InChI is InChI=1S/C54H68N16O8/c1-4-33(2)48(70-31-36(61-64-70)9-5-7-17-55)50(75)66-21-25-68(26-22-66)54-59-52(58-53(60-54)67-23-19-65(20-24-67)49(74)44(10-6-8-18-56)69-32-37(62-63-69)27-34(3)71)57-35-11-14-40(43(28-35)51(76)77)47-41-15-12-38(72)29-45(41)78-46-30-39(73)13-16-42(46)47/h11-16,28-34,44,48,71-72H,4-10,17-27,55-56H2,1-3H3,(H,76,77)(H,57,58,59,60)/t33-,34?,44-,48-/m0/s1. The summed E-state index contributed by atoms with van der Waals surface area (Å²) in [5, 5.41) is 52.2. The Bertz CT molecular complexity index is 3250. The van der Waals surface area contributed by atoms with E-state index in [4.69, 9.17) is 30.8 Å². The molecule has 2 amide bonds. The van der Waals surface area contributed by atoms with E-state index in [9.17, 15) is 34.5 Å². The Kier molecular flexibility index (Phi) is 17.2. The third-order valence-electron chi connectivity index (χ3n) is 14.6. The molecule has 24 heteroatoms. The van der Waals surface area contributed by atoms with Crippen LogP contribution < -0.4 is 32.0 Å². The van der Waals surface area contributed by atoms with Crippen molar-refractivity contribution in [3.63, 3.8) is 0 Å². The minimum absolute atomic E-state index is 0.0121. The van der Waals surface area contributed by atoms with E-state index in [0.29, 0.717) is 130 Å². The third kappa shape index (κ3) is 12.3. The molecular formula is C54H68N16O8. The molecule has 78 heavy (non-hydrogen) atoms. The van der Waals surface area contributed by atoms with Crippen LogP contribution in [0.3, 0.4) is 0 Å². The van der Waals surface area contributed by atoms with Crippen LogP contribution in [-0.4, -0.2) is 159 Å². The lowest BCUT2D eigenvalue weighted by Crippen LogP contribution is -2.52. The number of phenolic OH excluding ortho intramolecular Hbond substituents is 1. The van der Waals surface area contributed by atoms with Crippen LogP contribution in [0.5, 0.6) is 5.75 Å². The quantitative estimate of drug-likeness (QED) is 0.0408. The number of carboxylic acid groups (broad SMARTS) is 1. The van der Waals surface area contributed by atoms with Crippen molar-refractivity contribution in [2.75, 3.05) is 80.6 Å². The molecule has 1 aliphatic carbocycles. The Morgan fingerprint density at radius 2 is 1.38 bits per heavy atom. The van der Waals surface area contributed by atoms with Gasteiger partial charge in [-0.3, -0.25) is 14.4 Å². The molecule has 2 aromatic carbocycles. The lowest BCUT2D eigenvalue weighted by Gasteiger charge is -2.38. The number of unbranched alkanes of at least 4 members (excludes halogenated alkanes) is 2. The second-order valence-electron chi connectivity index (χ2n) is 20.2. The van der Waals surface area contributed by atoms with Gasteiger partial charge in [0.2, 0.25) is 29.7 Å². The highest BCUT2D eigenvalue weighted by Crippen LogP contribution is 2.43. The third-order valence-corrected chi connectivity index (χ3v) is 14.6. The molecule has 1 unspecified atom stereocenters. The second-order valence-corrected chi connectivity index (χ2v) is 20.2. The van der Waals surface area contributed by atoms with E-state index in [0.717, 1.165) is 37.8 Å². The number of carbonyl (C=O) groups is 3. The number of benzene rings is 3. The zero-order valence-corrected chi connectivity index (χ0v) is 44.2. The molecule has 3 aliphatic heterocycles. The van der Waals surface area contributed by atoms with Crippen molar-refractivity contribution in [2.24, 2.45) is 17.4 Å². The average Bonchev–Trinajstić information content (AvgIpc) is 4.25. The zero-order valence-electron chi connectivity index (χ0n) is 44.2. The summed E-state index contributed by atoms with van der Waals surface area (Å²) >= 11 is 0. The molecule has 24 nitrogen and oxygen atoms in total. The lowest BCUT2D eigenvalue weighted by molar-refractivity contribution is -0.137. The zero-order chi connectivity index (χ0) is 55.0. The Labute approximate surface area is 450 Å². The van der Waals surface area contributed by atoms with E-state index in [-0.39, 0.29) is 51.8 Å². The molecule has 412 valence electrons. The van der Waals surface area contributed by atoms with E-state index >= 15 is 0 Å². The van der Waals surface area contributed by atoms with Crippen LogP contribution in [0.25, 0.3) is 33.4 Å². The fourth-order valence-corrected chi connectivity index (χ4v) is 10.2. The smallest absolute Gasteiger partial charge is 0.336 e. The molecule has 3 aromatic heterocycles. The number of hydrogen-bond acceptors (Lipinski definition) is 19. The number of aliphatic hydroxyl groups is 1. The molecule has 8 N–H and O–H groups in total. The predicted octanol–water partition coefficient (Wildman–Crippen LogP) is 4.24. The lowest BCUT2D eigenvalue weighted by atomic mass is 9.90. The van der Waals surface area contributed by atoms with Gasteiger partial charge in [0.25, 0.3) is 0 Å². The summed E-state index contributed by atoms with van der Waals surface area (Å²) in [7, 11) is 0. The van der Waals surface area contributed by atoms with E-state index in [1.807, 2.05) is 27.8 Å². The van der Waals surface area contributed by atoms with E-state index < -0.39 is 24.2 Å². The highest BCUT2D eigenvalue weighted by Gasteiger charge is 2.35. The van der Waals surface area contributed by atoms with Crippen LogP contribution in [-0.2, 0) is 22.4 Å². The summed E-state index contributed by atoms with van der Waals surface area (Å²) in [6.45, 7) is 9.85. The van der Waals surface area contributed by atoms with Gasteiger partial charge >= 0.3 is 5.97 Å². The number of hydrogen-bond donors (Lipinski definition) is 6. The largest absolute Gasteiger partial charge is 0.508 e. The van der Waals surface area contributed by atoms with Gasteiger partial charge in [0.15, 0.2) is 5.43 Å². The molecule has 5 aromatic rings. The molecule has 9 rings (SSSR count). The normalized spacial score (nSPS) is 15.7. The Morgan fingerprint density at radius 1 is 0.744 bits per heavy atom. The first-order chi connectivity index (χ1) is 37.7. The summed E-state index contributed by atoms with van der Waals surface area (Å²) in [6.07, 6.45) is 8.50. The maximum atomic E-state index is 14.4. The van der Waals surface area contributed by atoms with Crippen molar-refractivity contribution in [3.8, 4) is 28.2 Å². The highest BCUT2D eigenvalue weighted by molar-refractivity contribution is 6.08. The molecule has 0 radical (unpaired) electrons. The molecule has 4 aliphatic rings.